The quantitative estimate of drug-likeness (QED) is 0.792. The Balaban J connectivity index is 1.61. The predicted molar refractivity (Wildman–Crippen MR) is 77.2 cm³/mol. The van der Waals surface area contributed by atoms with E-state index in [2.05, 4.69) is 20.5 Å². The molecule has 0 saturated carbocycles. The number of nitrogens with zero attached hydrogens (tertiary/aromatic N) is 5. The van der Waals surface area contributed by atoms with Crippen molar-refractivity contribution in [3.8, 4) is 5.82 Å². The van der Waals surface area contributed by atoms with Gasteiger partial charge in [-0.25, -0.2) is 9.67 Å². The summed E-state index contributed by atoms with van der Waals surface area (Å²) in [5.74, 6) is 0.0559. The average molecular weight is 336 g/mol. The van der Waals surface area contributed by atoms with Gasteiger partial charge in [-0.15, -0.1) is 0 Å². The van der Waals surface area contributed by atoms with Crippen LogP contribution in [0.15, 0.2) is 49.1 Å². The molecule has 1 N–H and O–H groups in total. The van der Waals surface area contributed by atoms with Gasteiger partial charge in [0.15, 0.2) is 11.5 Å². The molecule has 0 saturated heterocycles. The molecular formula is C14H11F3N6O. The van der Waals surface area contributed by atoms with Gasteiger partial charge in [-0.1, -0.05) is 0 Å². The Bertz CT molecular complexity index is 823. The van der Waals surface area contributed by atoms with Gasteiger partial charge < -0.3 is 5.32 Å². The number of rotatable bonds is 4. The molecule has 0 aliphatic heterocycles. The van der Waals surface area contributed by atoms with Crippen LogP contribution in [0, 0.1) is 0 Å². The van der Waals surface area contributed by atoms with Crippen LogP contribution in [0.4, 0.5) is 18.9 Å². The molecule has 1 amide bonds. The summed E-state index contributed by atoms with van der Waals surface area (Å²) in [6, 6.07) is 5.83. The number of pyridine rings is 1. The van der Waals surface area contributed by atoms with E-state index < -0.39 is 17.8 Å². The van der Waals surface area contributed by atoms with Gasteiger partial charge in [0.05, 0.1) is 11.9 Å². The van der Waals surface area contributed by atoms with E-state index in [0.717, 1.165) is 16.9 Å². The zero-order valence-electron chi connectivity index (χ0n) is 12.1. The third-order valence-electron chi connectivity index (χ3n) is 3.01. The van der Waals surface area contributed by atoms with E-state index in [9.17, 15) is 18.0 Å². The molecule has 24 heavy (non-hydrogen) atoms. The number of halogens is 3. The van der Waals surface area contributed by atoms with Crippen molar-refractivity contribution in [3.63, 3.8) is 0 Å². The van der Waals surface area contributed by atoms with Crippen LogP contribution in [0.5, 0.6) is 0 Å². The molecule has 0 fully saturated rings. The van der Waals surface area contributed by atoms with E-state index in [4.69, 9.17) is 0 Å². The van der Waals surface area contributed by atoms with E-state index in [1.807, 2.05) is 0 Å². The topological polar surface area (TPSA) is 77.6 Å². The summed E-state index contributed by atoms with van der Waals surface area (Å²) in [4.78, 5) is 16.0. The van der Waals surface area contributed by atoms with E-state index in [-0.39, 0.29) is 6.54 Å². The van der Waals surface area contributed by atoms with E-state index in [1.165, 1.54) is 6.20 Å². The lowest BCUT2D eigenvalue weighted by atomic mass is 10.4. The second-order valence-corrected chi connectivity index (χ2v) is 4.80. The maximum atomic E-state index is 12.4. The fraction of sp³-hybridized carbons (Fsp3) is 0.143. The summed E-state index contributed by atoms with van der Waals surface area (Å²) in [6.45, 7) is -0.336. The van der Waals surface area contributed by atoms with Gasteiger partial charge in [0, 0.05) is 18.6 Å². The summed E-state index contributed by atoms with van der Waals surface area (Å²) in [7, 11) is 0. The number of hydrogen-bond donors (Lipinski definition) is 1. The van der Waals surface area contributed by atoms with Gasteiger partial charge in [0.2, 0.25) is 5.91 Å². The number of nitrogens with one attached hydrogen (secondary N) is 1. The third kappa shape index (κ3) is 3.59. The van der Waals surface area contributed by atoms with Crippen molar-refractivity contribution in [1.29, 1.82) is 0 Å². The van der Waals surface area contributed by atoms with Gasteiger partial charge in [0.1, 0.15) is 6.54 Å². The Morgan fingerprint density at radius 3 is 2.62 bits per heavy atom. The Morgan fingerprint density at radius 2 is 2.04 bits per heavy atom. The average Bonchev–Trinajstić information content (AvgIpc) is 3.18. The van der Waals surface area contributed by atoms with E-state index >= 15 is 0 Å². The molecule has 0 spiro atoms. The van der Waals surface area contributed by atoms with Crippen LogP contribution in [-0.2, 0) is 17.5 Å². The van der Waals surface area contributed by atoms with Gasteiger partial charge in [-0.05, 0) is 24.3 Å². The number of amides is 1. The second-order valence-electron chi connectivity index (χ2n) is 4.80. The lowest BCUT2D eigenvalue weighted by Crippen LogP contribution is -2.20. The molecule has 7 nitrogen and oxygen atoms in total. The second kappa shape index (κ2) is 6.14. The van der Waals surface area contributed by atoms with Crippen LogP contribution < -0.4 is 5.32 Å². The molecule has 0 aliphatic carbocycles. The number of aromatic nitrogens is 5. The van der Waals surface area contributed by atoms with Crippen molar-refractivity contribution in [2.75, 3.05) is 5.32 Å². The molecule has 124 valence electrons. The summed E-state index contributed by atoms with van der Waals surface area (Å²) < 4.78 is 39.8. The molecule has 0 radical (unpaired) electrons. The zero-order valence-corrected chi connectivity index (χ0v) is 12.1. The van der Waals surface area contributed by atoms with Crippen molar-refractivity contribution < 1.29 is 18.0 Å². The number of hydrogen-bond acceptors (Lipinski definition) is 4. The minimum atomic E-state index is -4.53. The molecule has 0 bridgehead atoms. The monoisotopic (exact) mass is 336 g/mol. The Labute approximate surface area is 133 Å². The maximum absolute atomic E-state index is 12.4. The van der Waals surface area contributed by atoms with Crippen molar-refractivity contribution in [2.45, 2.75) is 12.7 Å². The number of carbonyl (C=O) groups is 1. The fourth-order valence-corrected chi connectivity index (χ4v) is 1.95. The molecule has 0 unspecified atom stereocenters. The molecule has 3 aromatic heterocycles. The molecular weight excluding hydrogens is 325 g/mol. The predicted octanol–water partition coefficient (Wildman–Crippen LogP) is 2.12. The summed E-state index contributed by atoms with van der Waals surface area (Å²) in [6.07, 6.45) is 1.32. The van der Waals surface area contributed by atoms with Gasteiger partial charge in [0.25, 0.3) is 0 Å². The van der Waals surface area contributed by atoms with Crippen molar-refractivity contribution in [2.24, 2.45) is 0 Å². The first-order valence-electron chi connectivity index (χ1n) is 6.78. The fourth-order valence-electron chi connectivity index (χ4n) is 1.95. The molecule has 3 heterocycles. The van der Waals surface area contributed by atoms with E-state index in [1.54, 1.807) is 35.3 Å². The molecule has 0 atom stereocenters. The number of anilines is 1. The van der Waals surface area contributed by atoms with Crippen molar-refractivity contribution in [1.82, 2.24) is 24.5 Å². The minimum absolute atomic E-state index is 0.336. The lowest BCUT2D eigenvalue weighted by molar-refractivity contribution is -0.141. The third-order valence-corrected chi connectivity index (χ3v) is 3.01. The SMILES string of the molecule is O=C(Cn1ccc(C(F)(F)F)n1)Nc1ccc(-n2cccn2)nc1. The summed E-state index contributed by atoms with van der Waals surface area (Å²) in [5.41, 5.74) is -0.625. The standard InChI is InChI=1S/C14H11F3N6O/c15-14(16,17)11-4-7-22(21-11)9-13(24)20-10-2-3-12(18-8-10)23-6-1-5-19-23/h1-8H,9H2,(H,20,24). The van der Waals surface area contributed by atoms with Crippen LogP contribution in [0.25, 0.3) is 5.82 Å². The van der Waals surface area contributed by atoms with Crippen LogP contribution in [0.1, 0.15) is 5.69 Å². The van der Waals surface area contributed by atoms with Gasteiger partial charge >= 0.3 is 6.18 Å². The smallest absolute Gasteiger partial charge is 0.323 e. The highest BCUT2D eigenvalue weighted by Gasteiger charge is 2.33. The Hall–Kier alpha value is -3.17. The summed E-state index contributed by atoms with van der Waals surface area (Å²) >= 11 is 0. The summed E-state index contributed by atoms with van der Waals surface area (Å²) in [5, 5.41) is 9.87. The van der Waals surface area contributed by atoms with Gasteiger partial charge in [-0.3, -0.25) is 9.48 Å². The highest BCUT2D eigenvalue weighted by Crippen LogP contribution is 2.27. The largest absolute Gasteiger partial charge is 0.435 e. The molecule has 0 aromatic carbocycles. The first kappa shape index (κ1) is 15.7. The first-order valence-corrected chi connectivity index (χ1v) is 6.78. The van der Waals surface area contributed by atoms with Crippen molar-refractivity contribution in [3.05, 3.63) is 54.7 Å². The van der Waals surface area contributed by atoms with Crippen LogP contribution in [-0.4, -0.2) is 30.5 Å². The first-order chi connectivity index (χ1) is 11.4. The molecule has 0 aliphatic rings. The molecule has 3 aromatic rings. The molecule has 10 heteroatoms. The number of alkyl halides is 3. The lowest BCUT2D eigenvalue weighted by Gasteiger charge is -2.06. The van der Waals surface area contributed by atoms with E-state index in [0.29, 0.717) is 11.5 Å². The Kier molecular flexibility index (Phi) is 4.02. The maximum Gasteiger partial charge on any atom is 0.435 e. The highest BCUT2D eigenvalue weighted by molar-refractivity contribution is 5.90. The Morgan fingerprint density at radius 1 is 1.21 bits per heavy atom. The van der Waals surface area contributed by atoms with Crippen molar-refractivity contribution >= 4 is 11.6 Å². The zero-order chi connectivity index (χ0) is 17.2. The highest BCUT2D eigenvalue weighted by atomic mass is 19.4. The number of carbonyl (C=O) groups excluding carboxylic acids is 1. The minimum Gasteiger partial charge on any atom is -0.323 e. The van der Waals surface area contributed by atoms with Crippen LogP contribution >= 0.6 is 0 Å². The normalized spacial score (nSPS) is 11.5. The van der Waals surface area contributed by atoms with Crippen LogP contribution in [0.2, 0.25) is 0 Å². The van der Waals surface area contributed by atoms with Crippen LogP contribution in [0.3, 0.4) is 0 Å². The molecule has 3 rings (SSSR count). The van der Waals surface area contributed by atoms with Gasteiger partial charge in [-0.2, -0.15) is 23.4 Å².